The molecule has 2 unspecified atom stereocenters. The summed E-state index contributed by atoms with van der Waals surface area (Å²) < 4.78 is 20.2. The smallest absolute Gasteiger partial charge is 0.261 e. The third-order valence-electron chi connectivity index (χ3n) is 3.44. The number of nitrogens with one attached hydrogen (secondary N) is 1. The van der Waals surface area contributed by atoms with Crippen LogP contribution in [0.15, 0.2) is 24.4 Å². The van der Waals surface area contributed by atoms with Crippen molar-refractivity contribution in [2.24, 2.45) is 7.05 Å². The number of amides is 1. The van der Waals surface area contributed by atoms with E-state index in [1.165, 1.54) is 12.1 Å². The van der Waals surface area contributed by atoms with Crippen LogP contribution in [0.3, 0.4) is 0 Å². The maximum atomic E-state index is 13.0. The van der Waals surface area contributed by atoms with Crippen LogP contribution in [-0.2, 0) is 11.8 Å². The molecule has 1 N–H and O–H groups in total. The molecule has 23 heavy (non-hydrogen) atoms. The summed E-state index contributed by atoms with van der Waals surface area (Å²) in [7, 11) is 1.83. The van der Waals surface area contributed by atoms with Crippen molar-refractivity contribution >= 4 is 17.5 Å². The van der Waals surface area contributed by atoms with Crippen molar-refractivity contribution in [3.63, 3.8) is 0 Å². The molecule has 1 aromatic heterocycles. The van der Waals surface area contributed by atoms with Crippen LogP contribution >= 0.6 is 11.6 Å². The number of benzene rings is 1. The maximum Gasteiger partial charge on any atom is 0.261 e. The van der Waals surface area contributed by atoms with E-state index in [0.29, 0.717) is 0 Å². The second kappa shape index (κ2) is 7.00. The molecule has 2 rings (SSSR count). The Morgan fingerprint density at radius 3 is 2.70 bits per heavy atom. The number of carbonyl (C=O) groups is 1. The average molecular weight is 340 g/mol. The number of nitrogens with zero attached hydrogens (tertiary/aromatic N) is 2. The second-order valence-corrected chi connectivity index (χ2v) is 5.82. The fourth-order valence-electron chi connectivity index (χ4n) is 2.27. The number of carbonyl (C=O) groups excluding carboxylic acids is 1. The highest BCUT2D eigenvalue weighted by atomic mass is 35.5. The first-order valence-electron chi connectivity index (χ1n) is 7.20. The summed E-state index contributed by atoms with van der Waals surface area (Å²) >= 11 is 5.90. The first kappa shape index (κ1) is 17.3. The summed E-state index contributed by atoms with van der Waals surface area (Å²) in [5, 5.41) is 7.25. The Kier molecular flexibility index (Phi) is 5.26. The zero-order valence-electron chi connectivity index (χ0n) is 13.4. The molecule has 0 bridgehead atoms. The van der Waals surface area contributed by atoms with Gasteiger partial charge in [0.1, 0.15) is 11.6 Å². The molecule has 0 radical (unpaired) electrons. The topological polar surface area (TPSA) is 56.2 Å². The first-order chi connectivity index (χ1) is 10.8. The summed E-state index contributed by atoms with van der Waals surface area (Å²) in [6, 6.07) is 3.57. The van der Waals surface area contributed by atoms with Gasteiger partial charge in [-0.3, -0.25) is 9.48 Å². The fourth-order valence-corrected chi connectivity index (χ4v) is 2.48. The zero-order chi connectivity index (χ0) is 17.1. The largest absolute Gasteiger partial charge is 0.479 e. The molecule has 2 aromatic rings. The molecule has 0 saturated carbocycles. The Balaban J connectivity index is 2.01. The minimum Gasteiger partial charge on any atom is -0.479 e. The second-order valence-electron chi connectivity index (χ2n) is 5.41. The Hall–Kier alpha value is -2.08. The maximum absolute atomic E-state index is 13.0. The highest BCUT2D eigenvalue weighted by Gasteiger charge is 2.20. The Morgan fingerprint density at radius 1 is 1.43 bits per heavy atom. The van der Waals surface area contributed by atoms with E-state index in [1.54, 1.807) is 11.6 Å². The van der Waals surface area contributed by atoms with E-state index in [4.69, 9.17) is 16.3 Å². The molecule has 0 spiro atoms. The number of rotatable bonds is 5. The lowest BCUT2D eigenvalue weighted by Crippen LogP contribution is -2.37. The van der Waals surface area contributed by atoms with Crippen LogP contribution in [-0.4, -0.2) is 21.8 Å². The number of hydrogen-bond donors (Lipinski definition) is 1. The number of aryl methyl sites for hydroxylation is 2. The van der Waals surface area contributed by atoms with Gasteiger partial charge >= 0.3 is 0 Å². The van der Waals surface area contributed by atoms with E-state index in [2.05, 4.69) is 10.4 Å². The summed E-state index contributed by atoms with van der Waals surface area (Å²) in [5.41, 5.74) is 1.79. The molecule has 5 nitrogen and oxygen atoms in total. The van der Waals surface area contributed by atoms with Gasteiger partial charge in [-0.25, -0.2) is 4.39 Å². The lowest BCUT2D eigenvalue weighted by atomic mass is 10.1. The van der Waals surface area contributed by atoms with Crippen molar-refractivity contribution in [1.82, 2.24) is 15.1 Å². The number of hydrogen-bond acceptors (Lipinski definition) is 3. The van der Waals surface area contributed by atoms with Gasteiger partial charge in [-0.15, -0.1) is 0 Å². The van der Waals surface area contributed by atoms with Crippen LogP contribution in [0.5, 0.6) is 5.75 Å². The minimum absolute atomic E-state index is 0.126. The quantitative estimate of drug-likeness (QED) is 0.910. The van der Waals surface area contributed by atoms with Crippen LogP contribution < -0.4 is 10.1 Å². The van der Waals surface area contributed by atoms with Crippen molar-refractivity contribution < 1.29 is 13.9 Å². The molecule has 0 saturated heterocycles. The summed E-state index contributed by atoms with van der Waals surface area (Å²) in [6.07, 6.45) is 1.10. The van der Waals surface area contributed by atoms with Crippen molar-refractivity contribution in [3.8, 4) is 5.75 Å². The van der Waals surface area contributed by atoms with E-state index in [1.807, 2.05) is 27.1 Å². The van der Waals surface area contributed by atoms with Gasteiger partial charge in [0, 0.05) is 18.8 Å². The fraction of sp³-hybridized carbons (Fsp3) is 0.375. The van der Waals surface area contributed by atoms with E-state index >= 15 is 0 Å². The molecule has 0 fully saturated rings. The van der Waals surface area contributed by atoms with Gasteiger partial charge in [0.05, 0.1) is 16.8 Å². The molecule has 2 atom stereocenters. The predicted octanol–water partition coefficient (Wildman–Crippen LogP) is 3.17. The zero-order valence-corrected chi connectivity index (χ0v) is 14.2. The highest BCUT2D eigenvalue weighted by molar-refractivity contribution is 6.32. The predicted molar refractivity (Wildman–Crippen MR) is 86.0 cm³/mol. The van der Waals surface area contributed by atoms with Gasteiger partial charge < -0.3 is 10.1 Å². The van der Waals surface area contributed by atoms with Crippen LogP contribution in [0, 0.1) is 12.7 Å². The Morgan fingerprint density at radius 2 is 2.13 bits per heavy atom. The molecule has 1 amide bonds. The number of aromatic nitrogens is 2. The highest BCUT2D eigenvalue weighted by Crippen LogP contribution is 2.26. The van der Waals surface area contributed by atoms with Crippen molar-refractivity contribution in [2.45, 2.75) is 32.9 Å². The van der Waals surface area contributed by atoms with Crippen LogP contribution in [0.4, 0.5) is 4.39 Å². The van der Waals surface area contributed by atoms with E-state index in [0.717, 1.165) is 17.3 Å². The Bertz CT molecular complexity index is 717. The third-order valence-corrected chi connectivity index (χ3v) is 3.74. The van der Waals surface area contributed by atoms with Gasteiger partial charge in [-0.05, 0) is 39.0 Å². The van der Waals surface area contributed by atoms with Gasteiger partial charge in [0.25, 0.3) is 5.91 Å². The van der Waals surface area contributed by atoms with Gasteiger partial charge in [-0.1, -0.05) is 11.6 Å². The molecule has 0 aliphatic rings. The van der Waals surface area contributed by atoms with E-state index in [-0.39, 0.29) is 22.7 Å². The molecule has 0 aliphatic heterocycles. The van der Waals surface area contributed by atoms with Crippen molar-refractivity contribution in [1.29, 1.82) is 0 Å². The lowest BCUT2D eigenvalue weighted by Gasteiger charge is -2.19. The van der Waals surface area contributed by atoms with Crippen LogP contribution in [0.2, 0.25) is 5.02 Å². The van der Waals surface area contributed by atoms with Crippen LogP contribution in [0.25, 0.3) is 0 Å². The average Bonchev–Trinajstić information content (AvgIpc) is 2.80. The molecular weight excluding hydrogens is 321 g/mol. The summed E-state index contributed by atoms with van der Waals surface area (Å²) in [6.45, 7) is 5.37. The van der Waals surface area contributed by atoms with Gasteiger partial charge in [0.15, 0.2) is 6.10 Å². The number of ether oxygens (including phenoxy) is 1. The molecule has 7 heteroatoms. The SMILES string of the molecule is Cc1nn(C)cc1C(C)NC(=O)C(C)Oc1ccc(F)cc1Cl. The molecule has 1 aromatic carbocycles. The van der Waals surface area contributed by atoms with Gasteiger partial charge in [-0.2, -0.15) is 5.10 Å². The molecule has 0 aliphatic carbocycles. The van der Waals surface area contributed by atoms with Crippen LogP contribution in [0.1, 0.15) is 31.1 Å². The normalized spacial score (nSPS) is 13.5. The third kappa shape index (κ3) is 4.22. The summed E-state index contributed by atoms with van der Waals surface area (Å²) in [5.74, 6) is -0.484. The monoisotopic (exact) mass is 339 g/mol. The van der Waals surface area contributed by atoms with E-state index in [9.17, 15) is 9.18 Å². The van der Waals surface area contributed by atoms with Crippen molar-refractivity contribution in [3.05, 3.63) is 46.5 Å². The Labute approximate surface area is 139 Å². The lowest BCUT2D eigenvalue weighted by molar-refractivity contribution is -0.127. The molecular formula is C16H19ClFN3O2. The summed E-state index contributed by atoms with van der Waals surface area (Å²) in [4.78, 5) is 12.2. The molecule has 1 heterocycles. The minimum atomic E-state index is -0.766. The standard InChI is InChI=1S/C16H19ClFN3O2/c1-9(13-8-21(4)20-10(13)2)19-16(22)11(3)23-15-6-5-12(18)7-14(15)17/h5-9,11H,1-4H3,(H,19,22). The van der Waals surface area contributed by atoms with E-state index < -0.39 is 11.9 Å². The first-order valence-corrected chi connectivity index (χ1v) is 7.58. The molecule has 124 valence electrons. The number of halogens is 2. The van der Waals surface area contributed by atoms with Gasteiger partial charge in [0.2, 0.25) is 0 Å². The van der Waals surface area contributed by atoms with Crippen molar-refractivity contribution in [2.75, 3.05) is 0 Å².